The van der Waals surface area contributed by atoms with E-state index in [0.29, 0.717) is 12.8 Å². The zero-order chi connectivity index (χ0) is 15.6. The first-order valence-electron chi connectivity index (χ1n) is 7.67. The summed E-state index contributed by atoms with van der Waals surface area (Å²) in [5.74, 6) is -0.764. The summed E-state index contributed by atoms with van der Waals surface area (Å²) >= 11 is 0. The molecule has 0 aromatic heterocycles. The predicted octanol–water partition coefficient (Wildman–Crippen LogP) is 1.63. The molecule has 1 aliphatic heterocycles. The Morgan fingerprint density at radius 3 is 2.24 bits per heavy atom. The Morgan fingerprint density at radius 1 is 1.24 bits per heavy atom. The highest BCUT2D eigenvalue weighted by molar-refractivity contribution is 6.05. The molecular formula is C16H24N2O3. The number of fused-ring (bicyclic) bond motifs is 1. The largest absolute Gasteiger partial charge is 0.351 e. The van der Waals surface area contributed by atoms with Crippen molar-refractivity contribution >= 4 is 17.7 Å². The molecule has 1 N–H and O–H groups in total. The topological polar surface area (TPSA) is 66.5 Å². The second kappa shape index (κ2) is 6.00. The molecule has 0 bridgehead atoms. The first kappa shape index (κ1) is 15.7. The number of imide groups is 1. The fourth-order valence-electron chi connectivity index (χ4n) is 2.83. The van der Waals surface area contributed by atoms with Crippen LogP contribution in [0.2, 0.25) is 0 Å². The van der Waals surface area contributed by atoms with Gasteiger partial charge in [0.2, 0.25) is 17.7 Å². The maximum Gasteiger partial charge on any atom is 0.233 e. The van der Waals surface area contributed by atoms with E-state index in [2.05, 4.69) is 5.32 Å². The molecular weight excluding hydrogens is 268 g/mol. The summed E-state index contributed by atoms with van der Waals surface area (Å²) in [5.41, 5.74) is -0.256. The van der Waals surface area contributed by atoms with Gasteiger partial charge in [-0.1, -0.05) is 19.1 Å². The Bertz CT molecular complexity index is 456. The van der Waals surface area contributed by atoms with Gasteiger partial charge in [-0.15, -0.1) is 0 Å². The summed E-state index contributed by atoms with van der Waals surface area (Å²) in [6.45, 7) is 6.11. The van der Waals surface area contributed by atoms with Gasteiger partial charge < -0.3 is 5.32 Å². The number of rotatable bonds is 5. The van der Waals surface area contributed by atoms with Crippen LogP contribution in [0.4, 0.5) is 0 Å². The second-order valence-corrected chi connectivity index (χ2v) is 6.52. The number of allylic oxidation sites excluding steroid dienone is 2. The molecule has 2 aliphatic rings. The molecule has 2 atom stereocenters. The van der Waals surface area contributed by atoms with Crippen molar-refractivity contribution in [3.05, 3.63) is 12.2 Å². The van der Waals surface area contributed by atoms with E-state index in [4.69, 9.17) is 0 Å². The number of nitrogens with one attached hydrogen (secondary N) is 1. The highest BCUT2D eigenvalue weighted by atomic mass is 16.2. The predicted molar refractivity (Wildman–Crippen MR) is 79.2 cm³/mol. The molecule has 1 aliphatic carbocycles. The Balaban J connectivity index is 1.91. The minimum atomic E-state index is -0.256. The first-order chi connectivity index (χ1) is 9.85. The molecule has 0 unspecified atom stereocenters. The van der Waals surface area contributed by atoms with Crippen LogP contribution >= 0.6 is 0 Å². The molecule has 21 heavy (non-hydrogen) atoms. The van der Waals surface area contributed by atoms with Crippen LogP contribution in [0.3, 0.4) is 0 Å². The van der Waals surface area contributed by atoms with Gasteiger partial charge in [-0.3, -0.25) is 19.3 Å². The van der Waals surface area contributed by atoms with E-state index in [9.17, 15) is 14.4 Å². The standard InChI is InChI=1S/C16H24N2O3/c1-4-16(2,3)17-13(19)9-10-18-14(20)11-7-5-6-8-12(11)15(18)21/h5-6,11-12H,4,7-10H2,1-3H3,(H,17,19)/t11-,12-/m1/s1. The maximum absolute atomic E-state index is 12.2. The van der Waals surface area contributed by atoms with Gasteiger partial charge in [0.15, 0.2) is 0 Å². The van der Waals surface area contributed by atoms with Crippen LogP contribution in [0.25, 0.3) is 0 Å². The molecule has 5 nitrogen and oxygen atoms in total. The van der Waals surface area contributed by atoms with Gasteiger partial charge in [-0.2, -0.15) is 0 Å². The summed E-state index contributed by atoms with van der Waals surface area (Å²) in [5, 5.41) is 2.92. The third kappa shape index (κ3) is 3.34. The molecule has 0 radical (unpaired) electrons. The van der Waals surface area contributed by atoms with Gasteiger partial charge >= 0.3 is 0 Å². The van der Waals surface area contributed by atoms with Gasteiger partial charge in [0.05, 0.1) is 11.8 Å². The summed E-state index contributed by atoms with van der Waals surface area (Å²) in [4.78, 5) is 37.7. The van der Waals surface area contributed by atoms with Crippen LogP contribution in [0, 0.1) is 11.8 Å². The number of nitrogens with zero attached hydrogens (tertiary/aromatic N) is 1. The maximum atomic E-state index is 12.2. The fourth-order valence-corrected chi connectivity index (χ4v) is 2.83. The monoisotopic (exact) mass is 292 g/mol. The minimum Gasteiger partial charge on any atom is -0.351 e. The summed E-state index contributed by atoms with van der Waals surface area (Å²) < 4.78 is 0. The zero-order valence-electron chi connectivity index (χ0n) is 13.0. The van der Waals surface area contributed by atoms with Crippen molar-refractivity contribution in [1.29, 1.82) is 0 Å². The van der Waals surface area contributed by atoms with Crippen LogP contribution in [0.15, 0.2) is 12.2 Å². The average Bonchev–Trinajstić information content (AvgIpc) is 2.69. The molecule has 1 saturated heterocycles. The number of carbonyl (C=O) groups is 3. The van der Waals surface area contributed by atoms with Gasteiger partial charge in [0.25, 0.3) is 0 Å². The molecule has 2 rings (SSSR count). The number of hydrogen-bond acceptors (Lipinski definition) is 3. The molecule has 0 aromatic rings. The van der Waals surface area contributed by atoms with Crippen molar-refractivity contribution in [2.45, 2.75) is 52.0 Å². The Kier molecular flexibility index (Phi) is 4.49. The number of hydrogen-bond donors (Lipinski definition) is 1. The average molecular weight is 292 g/mol. The van der Waals surface area contributed by atoms with Crippen molar-refractivity contribution < 1.29 is 14.4 Å². The van der Waals surface area contributed by atoms with Crippen LogP contribution in [0.1, 0.15) is 46.5 Å². The first-order valence-corrected chi connectivity index (χ1v) is 7.67. The van der Waals surface area contributed by atoms with E-state index < -0.39 is 0 Å². The Morgan fingerprint density at radius 2 is 1.76 bits per heavy atom. The van der Waals surface area contributed by atoms with Crippen LogP contribution < -0.4 is 5.32 Å². The van der Waals surface area contributed by atoms with Crippen molar-refractivity contribution in [2.75, 3.05) is 6.54 Å². The van der Waals surface area contributed by atoms with E-state index in [1.165, 1.54) is 4.90 Å². The summed E-state index contributed by atoms with van der Waals surface area (Å²) in [7, 11) is 0. The lowest BCUT2D eigenvalue weighted by molar-refractivity contribution is -0.140. The van der Waals surface area contributed by atoms with Crippen LogP contribution in [0.5, 0.6) is 0 Å². The molecule has 1 fully saturated rings. The van der Waals surface area contributed by atoms with Crippen LogP contribution in [-0.2, 0) is 14.4 Å². The van der Waals surface area contributed by atoms with Gasteiger partial charge in [0, 0.05) is 18.5 Å². The Labute approximate surface area is 125 Å². The summed E-state index contributed by atoms with van der Waals surface area (Å²) in [6.07, 6.45) is 6.21. The van der Waals surface area contributed by atoms with E-state index >= 15 is 0 Å². The van der Waals surface area contributed by atoms with E-state index in [1.807, 2.05) is 32.9 Å². The third-order valence-corrected chi connectivity index (χ3v) is 4.52. The molecule has 5 heteroatoms. The van der Waals surface area contributed by atoms with Gasteiger partial charge in [0.1, 0.15) is 0 Å². The number of amides is 3. The molecule has 3 amide bonds. The van der Waals surface area contributed by atoms with Crippen molar-refractivity contribution in [1.82, 2.24) is 10.2 Å². The fraction of sp³-hybridized carbons (Fsp3) is 0.688. The normalized spacial score (nSPS) is 25.2. The molecule has 0 spiro atoms. The van der Waals surface area contributed by atoms with Crippen LogP contribution in [-0.4, -0.2) is 34.7 Å². The van der Waals surface area contributed by atoms with Gasteiger partial charge in [-0.05, 0) is 33.1 Å². The quantitative estimate of drug-likeness (QED) is 0.618. The number of carbonyl (C=O) groups excluding carboxylic acids is 3. The lowest BCUT2D eigenvalue weighted by Gasteiger charge is -2.25. The van der Waals surface area contributed by atoms with Gasteiger partial charge in [-0.25, -0.2) is 0 Å². The van der Waals surface area contributed by atoms with E-state index in [1.54, 1.807) is 0 Å². The second-order valence-electron chi connectivity index (χ2n) is 6.52. The zero-order valence-corrected chi connectivity index (χ0v) is 13.0. The smallest absolute Gasteiger partial charge is 0.233 e. The minimum absolute atomic E-state index is 0.114. The molecule has 0 saturated carbocycles. The highest BCUT2D eigenvalue weighted by Crippen LogP contribution is 2.34. The van der Waals surface area contributed by atoms with E-state index in [0.717, 1.165) is 6.42 Å². The van der Waals surface area contributed by atoms with E-state index in [-0.39, 0.29) is 48.1 Å². The molecule has 116 valence electrons. The van der Waals surface area contributed by atoms with Crippen molar-refractivity contribution in [3.63, 3.8) is 0 Å². The molecule has 0 aromatic carbocycles. The van der Waals surface area contributed by atoms with Crippen molar-refractivity contribution in [2.24, 2.45) is 11.8 Å². The number of likely N-dealkylation sites (tertiary alicyclic amines) is 1. The van der Waals surface area contributed by atoms with Crippen molar-refractivity contribution in [3.8, 4) is 0 Å². The Hall–Kier alpha value is -1.65. The lowest BCUT2D eigenvalue weighted by atomic mass is 9.85. The lowest BCUT2D eigenvalue weighted by Crippen LogP contribution is -2.44. The molecule has 1 heterocycles. The SMILES string of the molecule is CCC(C)(C)NC(=O)CCN1C(=O)[C@@H]2CC=CC[C@H]2C1=O. The summed E-state index contributed by atoms with van der Waals surface area (Å²) in [6, 6.07) is 0. The third-order valence-electron chi connectivity index (χ3n) is 4.52. The highest BCUT2D eigenvalue weighted by Gasteiger charge is 2.46.